The maximum Gasteiger partial charge on any atom is 0.253 e. The fraction of sp³-hybridized carbons (Fsp3) is 0.233. The molecule has 5 heteroatoms. The molecule has 0 radical (unpaired) electrons. The Kier molecular flexibility index (Phi) is 6.96. The molecule has 1 heterocycles. The molecule has 1 saturated heterocycles. The van der Waals surface area contributed by atoms with E-state index in [2.05, 4.69) is 47.4 Å². The molecule has 1 aliphatic rings. The number of piperazine rings is 1. The average molecular weight is 467 g/mol. The highest BCUT2D eigenvalue weighted by atomic mass is 16.5. The Morgan fingerprint density at radius 2 is 1.54 bits per heavy atom. The second-order valence-electron chi connectivity index (χ2n) is 8.85. The summed E-state index contributed by atoms with van der Waals surface area (Å²) in [5.74, 6) is 1.59. The number of nitrogens with zero attached hydrogens (tertiary/aromatic N) is 2. The molecule has 5 nitrogen and oxygen atoms in total. The smallest absolute Gasteiger partial charge is 0.253 e. The highest BCUT2D eigenvalue weighted by molar-refractivity contribution is 5.94. The molecule has 1 fully saturated rings. The number of rotatable bonds is 7. The molecular weight excluding hydrogens is 436 g/mol. The van der Waals surface area contributed by atoms with Crippen LogP contribution in [0.4, 0.5) is 0 Å². The molecule has 0 bridgehead atoms. The van der Waals surface area contributed by atoms with E-state index in [1.165, 1.54) is 5.56 Å². The molecule has 0 spiro atoms. The molecule has 0 aliphatic carbocycles. The van der Waals surface area contributed by atoms with Gasteiger partial charge in [0.05, 0.1) is 7.11 Å². The van der Waals surface area contributed by atoms with E-state index in [9.17, 15) is 4.79 Å². The molecule has 0 aromatic heterocycles. The van der Waals surface area contributed by atoms with Gasteiger partial charge in [-0.2, -0.15) is 0 Å². The zero-order chi connectivity index (χ0) is 24.0. The summed E-state index contributed by atoms with van der Waals surface area (Å²) in [6.07, 6.45) is 0. The number of fused-ring (bicyclic) bond motifs is 1. The first kappa shape index (κ1) is 22.9. The van der Waals surface area contributed by atoms with Gasteiger partial charge in [0.25, 0.3) is 5.91 Å². The van der Waals surface area contributed by atoms with Crippen LogP contribution in [0.15, 0.2) is 91.0 Å². The fourth-order valence-corrected chi connectivity index (χ4v) is 4.63. The number of amides is 1. The van der Waals surface area contributed by atoms with Gasteiger partial charge < -0.3 is 14.4 Å². The standard InChI is InChI=1S/C30H30N2O3/c1-34-28-15-14-25(20-26(28)22-35-29-13-7-11-24-10-5-6-12-27(24)29)30(33)32-18-16-31(17-19-32)21-23-8-3-2-4-9-23/h2-15,20H,16-19,21-22H2,1H3. The maximum atomic E-state index is 13.3. The van der Waals surface area contributed by atoms with Gasteiger partial charge in [-0.1, -0.05) is 66.7 Å². The van der Waals surface area contributed by atoms with E-state index in [-0.39, 0.29) is 5.91 Å². The van der Waals surface area contributed by atoms with Gasteiger partial charge in [0.2, 0.25) is 0 Å². The third kappa shape index (κ3) is 5.31. The second kappa shape index (κ2) is 10.6. The molecule has 1 amide bonds. The van der Waals surface area contributed by atoms with E-state index in [0.29, 0.717) is 12.2 Å². The van der Waals surface area contributed by atoms with Crippen LogP contribution in [0.3, 0.4) is 0 Å². The molecule has 0 N–H and O–H groups in total. The lowest BCUT2D eigenvalue weighted by Crippen LogP contribution is -2.48. The van der Waals surface area contributed by atoms with Gasteiger partial charge in [0.1, 0.15) is 18.1 Å². The maximum absolute atomic E-state index is 13.3. The van der Waals surface area contributed by atoms with Crippen LogP contribution in [0, 0.1) is 0 Å². The summed E-state index contributed by atoms with van der Waals surface area (Å²) in [5, 5.41) is 2.20. The quantitative estimate of drug-likeness (QED) is 0.367. The van der Waals surface area contributed by atoms with E-state index in [1.807, 2.05) is 53.4 Å². The van der Waals surface area contributed by atoms with Crippen molar-refractivity contribution in [2.24, 2.45) is 0 Å². The Labute approximate surface area is 206 Å². The van der Waals surface area contributed by atoms with Crippen molar-refractivity contribution in [2.45, 2.75) is 13.2 Å². The summed E-state index contributed by atoms with van der Waals surface area (Å²) in [6, 6.07) is 30.3. The van der Waals surface area contributed by atoms with E-state index in [1.54, 1.807) is 7.11 Å². The minimum absolute atomic E-state index is 0.0541. The Hall–Kier alpha value is -3.83. The van der Waals surface area contributed by atoms with Gasteiger partial charge in [-0.15, -0.1) is 0 Å². The molecule has 4 aromatic carbocycles. The molecular formula is C30H30N2O3. The van der Waals surface area contributed by atoms with Crippen molar-refractivity contribution in [1.82, 2.24) is 9.80 Å². The predicted molar refractivity (Wildman–Crippen MR) is 139 cm³/mol. The number of carbonyl (C=O) groups is 1. The van der Waals surface area contributed by atoms with Gasteiger partial charge >= 0.3 is 0 Å². The second-order valence-corrected chi connectivity index (χ2v) is 8.85. The summed E-state index contributed by atoms with van der Waals surface area (Å²) >= 11 is 0. The minimum atomic E-state index is 0.0541. The van der Waals surface area contributed by atoms with E-state index >= 15 is 0 Å². The van der Waals surface area contributed by atoms with Crippen molar-refractivity contribution in [3.63, 3.8) is 0 Å². The third-order valence-corrected chi connectivity index (χ3v) is 6.57. The summed E-state index contributed by atoms with van der Waals surface area (Å²) in [5.41, 5.74) is 2.83. The summed E-state index contributed by atoms with van der Waals surface area (Å²) < 4.78 is 11.7. The predicted octanol–water partition coefficient (Wildman–Crippen LogP) is 5.39. The number of carbonyl (C=O) groups excluding carboxylic acids is 1. The number of methoxy groups -OCH3 is 1. The first-order valence-electron chi connectivity index (χ1n) is 12.0. The Bertz CT molecular complexity index is 1290. The van der Waals surface area contributed by atoms with Crippen LogP contribution >= 0.6 is 0 Å². The summed E-state index contributed by atoms with van der Waals surface area (Å²) in [4.78, 5) is 17.6. The van der Waals surface area contributed by atoms with E-state index in [0.717, 1.165) is 60.6 Å². The molecule has 178 valence electrons. The van der Waals surface area contributed by atoms with Gasteiger partial charge in [-0.25, -0.2) is 0 Å². The van der Waals surface area contributed by atoms with Crippen LogP contribution in [0.2, 0.25) is 0 Å². The first-order valence-corrected chi connectivity index (χ1v) is 12.0. The molecule has 4 aromatic rings. The van der Waals surface area contributed by atoms with Crippen LogP contribution in [-0.4, -0.2) is 49.0 Å². The lowest BCUT2D eigenvalue weighted by molar-refractivity contribution is 0.0628. The molecule has 0 atom stereocenters. The lowest BCUT2D eigenvalue weighted by atomic mass is 10.1. The van der Waals surface area contributed by atoms with Gasteiger partial charge in [-0.3, -0.25) is 9.69 Å². The minimum Gasteiger partial charge on any atom is -0.496 e. The number of hydrogen-bond acceptors (Lipinski definition) is 4. The Morgan fingerprint density at radius 3 is 2.34 bits per heavy atom. The number of benzene rings is 4. The van der Waals surface area contributed by atoms with Crippen LogP contribution < -0.4 is 9.47 Å². The van der Waals surface area contributed by atoms with Gasteiger partial charge in [-0.05, 0) is 35.2 Å². The SMILES string of the molecule is COc1ccc(C(=O)N2CCN(Cc3ccccc3)CC2)cc1COc1cccc2ccccc12. The third-order valence-electron chi connectivity index (χ3n) is 6.57. The van der Waals surface area contributed by atoms with E-state index in [4.69, 9.17) is 9.47 Å². The van der Waals surface area contributed by atoms with Crippen molar-refractivity contribution in [3.8, 4) is 11.5 Å². The van der Waals surface area contributed by atoms with Crippen molar-refractivity contribution >= 4 is 16.7 Å². The van der Waals surface area contributed by atoms with Crippen molar-refractivity contribution in [3.05, 3.63) is 108 Å². The van der Waals surface area contributed by atoms with Crippen LogP contribution in [0.5, 0.6) is 11.5 Å². The first-order chi connectivity index (χ1) is 17.2. The molecule has 5 rings (SSSR count). The van der Waals surface area contributed by atoms with Gasteiger partial charge in [0.15, 0.2) is 0 Å². The molecule has 0 unspecified atom stereocenters. The largest absolute Gasteiger partial charge is 0.496 e. The molecule has 35 heavy (non-hydrogen) atoms. The Balaban J connectivity index is 1.25. The lowest BCUT2D eigenvalue weighted by Gasteiger charge is -2.35. The van der Waals surface area contributed by atoms with Crippen LogP contribution in [0.25, 0.3) is 10.8 Å². The highest BCUT2D eigenvalue weighted by Gasteiger charge is 2.23. The van der Waals surface area contributed by atoms with Crippen LogP contribution in [0.1, 0.15) is 21.5 Å². The number of hydrogen-bond donors (Lipinski definition) is 0. The van der Waals surface area contributed by atoms with Crippen molar-refractivity contribution in [2.75, 3.05) is 33.3 Å². The Morgan fingerprint density at radius 1 is 0.800 bits per heavy atom. The van der Waals surface area contributed by atoms with Crippen molar-refractivity contribution < 1.29 is 14.3 Å². The van der Waals surface area contributed by atoms with Crippen LogP contribution in [-0.2, 0) is 13.2 Å². The summed E-state index contributed by atoms with van der Waals surface area (Å²) in [6.45, 7) is 4.42. The molecule has 1 aliphatic heterocycles. The van der Waals surface area contributed by atoms with E-state index < -0.39 is 0 Å². The van der Waals surface area contributed by atoms with Crippen molar-refractivity contribution in [1.29, 1.82) is 0 Å². The highest BCUT2D eigenvalue weighted by Crippen LogP contribution is 2.28. The molecule has 0 saturated carbocycles. The average Bonchev–Trinajstić information content (AvgIpc) is 2.92. The fourth-order valence-electron chi connectivity index (χ4n) is 4.63. The number of ether oxygens (including phenoxy) is 2. The zero-order valence-electron chi connectivity index (χ0n) is 20.0. The summed E-state index contributed by atoms with van der Waals surface area (Å²) in [7, 11) is 1.64. The van der Waals surface area contributed by atoms with Gasteiger partial charge in [0, 0.05) is 49.2 Å². The topological polar surface area (TPSA) is 42.0 Å². The normalized spacial score (nSPS) is 14.1. The monoisotopic (exact) mass is 466 g/mol. The zero-order valence-corrected chi connectivity index (χ0v) is 20.0.